The van der Waals surface area contributed by atoms with E-state index < -0.39 is 0 Å². The second kappa shape index (κ2) is 3.35. The van der Waals surface area contributed by atoms with Crippen LogP contribution >= 0.6 is 0 Å². The molecule has 0 saturated carbocycles. The molecule has 1 saturated heterocycles. The highest BCUT2D eigenvalue weighted by Gasteiger charge is 2.20. The average molecular weight is 143 g/mol. The fraction of sp³-hybridized carbons (Fsp3) is 1.00. The van der Waals surface area contributed by atoms with Gasteiger partial charge >= 0.3 is 0 Å². The SMILES string of the molecule is CC(O)[C@H]1CCCN(C)C1. The van der Waals surface area contributed by atoms with Gasteiger partial charge in [0.05, 0.1) is 6.10 Å². The minimum absolute atomic E-state index is 0.122. The Hall–Kier alpha value is -0.0800. The van der Waals surface area contributed by atoms with Crippen LogP contribution in [0.15, 0.2) is 0 Å². The number of rotatable bonds is 1. The molecule has 0 aromatic heterocycles. The third kappa shape index (κ3) is 1.96. The van der Waals surface area contributed by atoms with Crippen molar-refractivity contribution in [3.05, 3.63) is 0 Å². The summed E-state index contributed by atoms with van der Waals surface area (Å²) in [4.78, 5) is 2.29. The quantitative estimate of drug-likeness (QED) is 0.584. The molecule has 0 radical (unpaired) electrons. The minimum atomic E-state index is -0.122. The van der Waals surface area contributed by atoms with Crippen LogP contribution < -0.4 is 0 Å². The topological polar surface area (TPSA) is 23.5 Å². The highest BCUT2D eigenvalue weighted by Crippen LogP contribution is 2.17. The largest absolute Gasteiger partial charge is 0.393 e. The van der Waals surface area contributed by atoms with Crippen molar-refractivity contribution in [2.24, 2.45) is 5.92 Å². The molecule has 0 amide bonds. The summed E-state index contributed by atoms with van der Waals surface area (Å²) in [5, 5.41) is 9.27. The average Bonchev–Trinajstić information content (AvgIpc) is 1.88. The molecular weight excluding hydrogens is 126 g/mol. The lowest BCUT2D eigenvalue weighted by Crippen LogP contribution is -2.36. The van der Waals surface area contributed by atoms with Gasteiger partial charge in [-0.1, -0.05) is 0 Å². The van der Waals surface area contributed by atoms with E-state index >= 15 is 0 Å². The number of hydrogen-bond donors (Lipinski definition) is 1. The number of aliphatic hydroxyl groups excluding tert-OH is 1. The van der Waals surface area contributed by atoms with Crippen molar-refractivity contribution in [1.29, 1.82) is 0 Å². The first-order chi connectivity index (χ1) is 4.70. The van der Waals surface area contributed by atoms with Gasteiger partial charge in [-0.3, -0.25) is 0 Å². The molecule has 0 bridgehead atoms. The van der Waals surface area contributed by atoms with Crippen LogP contribution in [0.2, 0.25) is 0 Å². The van der Waals surface area contributed by atoms with Crippen molar-refractivity contribution in [2.45, 2.75) is 25.9 Å². The molecule has 0 aliphatic carbocycles. The molecule has 1 rings (SSSR count). The van der Waals surface area contributed by atoms with Crippen molar-refractivity contribution in [2.75, 3.05) is 20.1 Å². The van der Waals surface area contributed by atoms with Crippen LogP contribution in [0.4, 0.5) is 0 Å². The molecule has 0 spiro atoms. The van der Waals surface area contributed by atoms with E-state index in [1.54, 1.807) is 0 Å². The molecule has 1 aliphatic heterocycles. The van der Waals surface area contributed by atoms with Gasteiger partial charge in [-0.05, 0) is 39.3 Å². The lowest BCUT2D eigenvalue weighted by atomic mass is 9.94. The summed E-state index contributed by atoms with van der Waals surface area (Å²) in [6.07, 6.45) is 2.32. The molecule has 1 fully saturated rings. The fourth-order valence-corrected chi connectivity index (χ4v) is 1.60. The van der Waals surface area contributed by atoms with E-state index in [0.29, 0.717) is 5.92 Å². The van der Waals surface area contributed by atoms with Gasteiger partial charge < -0.3 is 10.0 Å². The number of nitrogens with zero attached hydrogens (tertiary/aromatic N) is 1. The smallest absolute Gasteiger partial charge is 0.0552 e. The van der Waals surface area contributed by atoms with E-state index in [4.69, 9.17) is 0 Å². The molecule has 0 aromatic carbocycles. The van der Waals surface area contributed by atoms with E-state index in [2.05, 4.69) is 11.9 Å². The normalized spacial score (nSPS) is 32.1. The van der Waals surface area contributed by atoms with Crippen LogP contribution in [0, 0.1) is 5.92 Å². The number of piperidine rings is 1. The van der Waals surface area contributed by atoms with E-state index in [-0.39, 0.29) is 6.10 Å². The minimum Gasteiger partial charge on any atom is -0.393 e. The van der Waals surface area contributed by atoms with Crippen LogP contribution in [0.25, 0.3) is 0 Å². The van der Waals surface area contributed by atoms with Gasteiger partial charge in [0.2, 0.25) is 0 Å². The standard InChI is InChI=1S/C8H17NO/c1-7(10)8-4-3-5-9(2)6-8/h7-8,10H,3-6H2,1-2H3/t7?,8-/m0/s1. The van der Waals surface area contributed by atoms with Crippen molar-refractivity contribution in [3.63, 3.8) is 0 Å². The molecule has 10 heavy (non-hydrogen) atoms. The fourth-order valence-electron chi connectivity index (χ4n) is 1.60. The predicted octanol–water partition coefficient (Wildman–Crippen LogP) is 0.709. The molecule has 1 unspecified atom stereocenters. The first-order valence-corrected chi connectivity index (χ1v) is 4.07. The van der Waals surface area contributed by atoms with Crippen LogP contribution in [0.1, 0.15) is 19.8 Å². The Morgan fingerprint density at radius 1 is 1.60 bits per heavy atom. The summed E-state index contributed by atoms with van der Waals surface area (Å²) in [6, 6.07) is 0. The molecule has 0 aromatic rings. The van der Waals surface area contributed by atoms with Gasteiger partial charge in [0.15, 0.2) is 0 Å². The first-order valence-electron chi connectivity index (χ1n) is 4.07. The summed E-state index contributed by atoms with van der Waals surface area (Å²) in [6.45, 7) is 4.16. The molecule has 1 aliphatic rings. The zero-order valence-corrected chi connectivity index (χ0v) is 6.88. The molecule has 1 N–H and O–H groups in total. The van der Waals surface area contributed by atoms with Crippen molar-refractivity contribution in [1.82, 2.24) is 4.90 Å². The predicted molar refractivity (Wildman–Crippen MR) is 41.9 cm³/mol. The third-order valence-electron chi connectivity index (χ3n) is 2.34. The number of hydrogen-bond acceptors (Lipinski definition) is 2. The maximum absolute atomic E-state index is 9.27. The monoisotopic (exact) mass is 143 g/mol. The number of aliphatic hydroxyl groups is 1. The molecule has 2 atom stereocenters. The van der Waals surface area contributed by atoms with E-state index in [0.717, 1.165) is 6.54 Å². The second-order valence-electron chi connectivity index (χ2n) is 3.41. The summed E-state index contributed by atoms with van der Waals surface area (Å²) < 4.78 is 0. The zero-order valence-electron chi connectivity index (χ0n) is 6.88. The Balaban J connectivity index is 2.32. The molecule has 60 valence electrons. The van der Waals surface area contributed by atoms with E-state index in [1.807, 2.05) is 6.92 Å². The van der Waals surface area contributed by atoms with Gasteiger partial charge in [0.1, 0.15) is 0 Å². The number of likely N-dealkylation sites (tertiary alicyclic amines) is 1. The van der Waals surface area contributed by atoms with Crippen LogP contribution in [0.3, 0.4) is 0 Å². The molecule has 1 heterocycles. The Labute approximate surface area is 62.8 Å². The summed E-state index contributed by atoms with van der Waals surface area (Å²) in [7, 11) is 2.12. The van der Waals surface area contributed by atoms with E-state index in [9.17, 15) is 5.11 Å². The highest BCUT2D eigenvalue weighted by molar-refractivity contribution is 4.73. The second-order valence-corrected chi connectivity index (χ2v) is 3.41. The Morgan fingerprint density at radius 2 is 2.30 bits per heavy atom. The van der Waals surface area contributed by atoms with Gasteiger partial charge in [-0.15, -0.1) is 0 Å². The summed E-state index contributed by atoms with van der Waals surface area (Å²) >= 11 is 0. The summed E-state index contributed by atoms with van der Waals surface area (Å²) in [5.74, 6) is 0.513. The molecular formula is C8H17NO. The van der Waals surface area contributed by atoms with Crippen LogP contribution in [-0.4, -0.2) is 36.2 Å². The van der Waals surface area contributed by atoms with Gasteiger partial charge in [0.25, 0.3) is 0 Å². The Morgan fingerprint density at radius 3 is 2.70 bits per heavy atom. The van der Waals surface area contributed by atoms with Crippen molar-refractivity contribution < 1.29 is 5.11 Å². The lowest BCUT2D eigenvalue weighted by molar-refractivity contribution is 0.0728. The van der Waals surface area contributed by atoms with Gasteiger partial charge in [-0.25, -0.2) is 0 Å². The zero-order chi connectivity index (χ0) is 7.56. The molecule has 2 heteroatoms. The Bertz CT molecular complexity index is 103. The van der Waals surface area contributed by atoms with Gasteiger partial charge in [0, 0.05) is 6.54 Å². The lowest BCUT2D eigenvalue weighted by Gasteiger charge is -2.31. The maximum atomic E-state index is 9.27. The van der Waals surface area contributed by atoms with Gasteiger partial charge in [-0.2, -0.15) is 0 Å². The Kier molecular flexibility index (Phi) is 2.69. The first kappa shape index (κ1) is 8.02. The van der Waals surface area contributed by atoms with Crippen LogP contribution in [0.5, 0.6) is 0 Å². The van der Waals surface area contributed by atoms with Crippen LogP contribution in [-0.2, 0) is 0 Å². The van der Waals surface area contributed by atoms with E-state index in [1.165, 1.54) is 19.4 Å². The third-order valence-corrected chi connectivity index (χ3v) is 2.34. The van der Waals surface area contributed by atoms with Crippen molar-refractivity contribution in [3.8, 4) is 0 Å². The maximum Gasteiger partial charge on any atom is 0.0552 e. The van der Waals surface area contributed by atoms with Crippen molar-refractivity contribution >= 4 is 0 Å². The highest BCUT2D eigenvalue weighted by atomic mass is 16.3. The molecule has 2 nitrogen and oxygen atoms in total. The summed E-state index contributed by atoms with van der Waals surface area (Å²) in [5.41, 5.74) is 0.